The molecule has 1 aliphatic rings. The van der Waals surface area contributed by atoms with Crippen molar-refractivity contribution >= 4 is 43.0 Å². The summed E-state index contributed by atoms with van der Waals surface area (Å²) in [6.45, 7) is 1.55. The number of sulfone groups is 2. The van der Waals surface area contributed by atoms with Crippen LogP contribution in [0.5, 0.6) is 0 Å². The van der Waals surface area contributed by atoms with E-state index in [1.807, 2.05) is 0 Å². The van der Waals surface area contributed by atoms with E-state index < -0.39 is 40.4 Å². The highest BCUT2D eigenvalue weighted by atomic mass is 35.5. The Morgan fingerprint density at radius 1 is 1.26 bits per heavy atom. The molecule has 1 N–H and O–H groups in total. The van der Waals surface area contributed by atoms with Crippen molar-refractivity contribution in [3.05, 3.63) is 28.4 Å². The van der Waals surface area contributed by atoms with Crippen molar-refractivity contribution in [2.75, 3.05) is 17.3 Å². The van der Waals surface area contributed by atoms with Gasteiger partial charge in [-0.3, -0.25) is 4.79 Å². The summed E-state index contributed by atoms with van der Waals surface area (Å²) in [5, 5.41) is 8.99. The highest BCUT2D eigenvalue weighted by Gasteiger charge is 2.35. The van der Waals surface area contributed by atoms with Gasteiger partial charge >= 0.3 is 0 Å². The minimum absolute atomic E-state index is 0.0280. The molecule has 0 spiro atoms. The van der Waals surface area contributed by atoms with Gasteiger partial charge < -0.3 is 5.32 Å². The number of aromatic nitrogens is 2. The van der Waals surface area contributed by atoms with Crippen molar-refractivity contribution in [3.8, 4) is 0 Å². The summed E-state index contributed by atoms with van der Waals surface area (Å²) in [7, 11) is -7.89. The maximum atomic E-state index is 12.8. The second kappa shape index (κ2) is 6.88. The Kier molecular flexibility index (Phi) is 5.04. The van der Waals surface area contributed by atoms with Gasteiger partial charge in [0.1, 0.15) is 10.6 Å². The Balaban J connectivity index is 2.10. The summed E-state index contributed by atoms with van der Waals surface area (Å²) in [5.74, 6) is -0.959. The summed E-state index contributed by atoms with van der Waals surface area (Å²) < 4.78 is 54.2. The fraction of sp³-hybridized carbons (Fsp3) is 0.400. The lowest BCUT2D eigenvalue weighted by Gasteiger charge is -2.14. The number of nitrogens with one attached hydrogen (secondary N) is 1. The van der Waals surface area contributed by atoms with Gasteiger partial charge in [-0.15, -0.1) is 0 Å². The second-order valence-electron chi connectivity index (χ2n) is 6.40. The molecule has 0 unspecified atom stereocenters. The first-order valence-electron chi connectivity index (χ1n) is 7.86. The number of hydrogen-bond donors (Lipinski definition) is 1. The highest BCUT2D eigenvalue weighted by molar-refractivity contribution is 7.94. The first-order valence-corrected chi connectivity index (χ1v) is 11.8. The summed E-state index contributed by atoms with van der Waals surface area (Å²) >= 11 is 6.22. The van der Waals surface area contributed by atoms with Crippen molar-refractivity contribution in [3.63, 3.8) is 0 Å². The minimum Gasteiger partial charge on any atom is -0.302 e. The fourth-order valence-electron chi connectivity index (χ4n) is 2.49. The third-order valence-electron chi connectivity index (χ3n) is 4.05. The Hall–Kier alpha value is -1.98. The first-order chi connectivity index (χ1) is 12.5. The van der Waals surface area contributed by atoms with Crippen molar-refractivity contribution in [2.24, 2.45) is 5.92 Å². The molecule has 3 rings (SSSR count). The van der Waals surface area contributed by atoms with Crippen LogP contribution in [0.25, 0.3) is 0 Å². The third-order valence-corrected chi connectivity index (χ3v) is 7.78. The van der Waals surface area contributed by atoms with E-state index in [0.717, 1.165) is 31.2 Å². The average molecular weight is 434 g/mol. The number of halogens is 1. The molecule has 1 aliphatic carbocycles. The van der Waals surface area contributed by atoms with Crippen LogP contribution in [0, 0.1) is 12.8 Å². The van der Waals surface area contributed by atoms with Gasteiger partial charge in [-0.2, -0.15) is 0 Å². The summed E-state index contributed by atoms with van der Waals surface area (Å²) in [6.07, 6.45) is 2.40. The van der Waals surface area contributed by atoms with Gasteiger partial charge in [0.05, 0.1) is 21.2 Å². The summed E-state index contributed by atoms with van der Waals surface area (Å²) in [5.41, 5.74) is 0.120. The van der Waals surface area contributed by atoms with Crippen LogP contribution in [0.15, 0.2) is 26.6 Å². The molecular formula is C15H16ClN3O6S2. The number of rotatable bonds is 6. The van der Waals surface area contributed by atoms with E-state index in [2.05, 4.69) is 20.3 Å². The molecule has 1 fully saturated rings. The molecule has 0 bridgehead atoms. The number of carbonyl (C=O) groups is 1. The molecule has 0 atom stereocenters. The van der Waals surface area contributed by atoms with Gasteiger partial charge in [0.2, 0.25) is 5.82 Å². The molecule has 12 heteroatoms. The molecule has 0 aliphatic heterocycles. The van der Waals surface area contributed by atoms with E-state index in [0.29, 0.717) is 5.69 Å². The monoisotopic (exact) mass is 433 g/mol. The lowest BCUT2D eigenvalue weighted by atomic mass is 10.2. The maximum Gasteiger partial charge on any atom is 0.258 e. The van der Waals surface area contributed by atoms with Crippen LogP contribution in [0.2, 0.25) is 5.02 Å². The lowest BCUT2D eigenvalue weighted by molar-refractivity contribution is 0.102. The second-order valence-corrected chi connectivity index (χ2v) is 10.7. The number of carbonyl (C=O) groups excluding carboxylic acids is 1. The molecule has 1 heterocycles. The van der Waals surface area contributed by atoms with Crippen molar-refractivity contribution in [1.29, 1.82) is 0 Å². The molecule has 1 aromatic carbocycles. The van der Waals surface area contributed by atoms with Gasteiger partial charge in [0.15, 0.2) is 19.7 Å². The Morgan fingerprint density at radius 2 is 1.93 bits per heavy atom. The largest absolute Gasteiger partial charge is 0.302 e. The maximum absolute atomic E-state index is 12.8. The first kappa shape index (κ1) is 19.8. The normalized spacial score (nSPS) is 14.9. The van der Waals surface area contributed by atoms with Crippen molar-refractivity contribution in [2.45, 2.75) is 29.6 Å². The van der Waals surface area contributed by atoms with Gasteiger partial charge in [-0.05, 0) is 43.0 Å². The molecule has 1 amide bonds. The van der Waals surface area contributed by atoms with E-state index in [1.165, 1.54) is 0 Å². The SMILES string of the molecule is Cc1nonc1NC(=O)c1ccc(S(C)(=O)=O)c(S(=O)(=O)CC2CC2)c1Cl. The number of aryl methyl sites for hydroxylation is 1. The number of amides is 1. The molecule has 0 saturated heterocycles. The topological polar surface area (TPSA) is 136 Å². The van der Waals surface area contributed by atoms with Crippen LogP contribution < -0.4 is 5.32 Å². The van der Waals surface area contributed by atoms with Gasteiger partial charge in [0, 0.05) is 6.26 Å². The molecule has 1 aromatic heterocycles. The van der Waals surface area contributed by atoms with Crippen LogP contribution >= 0.6 is 11.6 Å². The van der Waals surface area contributed by atoms with Gasteiger partial charge in [-0.1, -0.05) is 16.8 Å². The zero-order valence-electron chi connectivity index (χ0n) is 14.4. The minimum atomic E-state index is -4.01. The van der Waals surface area contributed by atoms with E-state index >= 15 is 0 Å². The average Bonchev–Trinajstić information content (AvgIpc) is 3.26. The number of nitrogens with zero attached hydrogens (tertiary/aromatic N) is 2. The Labute approximate surface area is 160 Å². The van der Waals surface area contributed by atoms with E-state index in [4.69, 9.17) is 11.6 Å². The summed E-state index contributed by atoms with van der Waals surface area (Å²) in [6, 6.07) is 2.23. The van der Waals surface area contributed by atoms with Crippen molar-refractivity contribution < 1.29 is 26.3 Å². The zero-order valence-corrected chi connectivity index (χ0v) is 16.8. The van der Waals surface area contributed by atoms with Crippen LogP contribution in [-0.2, 0) is 19.7 Å². The van der Waals surface area contributed by atoms with E-state index in [9.17, 15) is 21.6 Å². The lowest BCUT2D eigenvalue weighted by Crippen LogP contribution is -2.18. The molecule has 2 aromatic rings. The van der Waals surface area contributed by atoms with Crippen LogP contribution in [0.1, 0.15) is 28.9 Å². The molecule has 146 valence electrons. The molecule has 1 saturated carbocycles. The van der Waals surface area contributed by atoms with Crippen LogP contribution in [-0.4, -0.2) is 45.1 Å². The third kappa shape index (κ3) is 4.14. The Morgan fingerprint density at radius 3 is 2.44 bits per heavy atom. The summed E-state index contributed by atoms with van der Waals surface area (Å²) in [4.78, 5) is 11.5. The zero-order chi connectivity index (χ0) is 20.0. The van der Waals surface area contributed by atoms with Crippen LogP contribution in [0.3, 0.4) is 0 Å². The molecule has 9 nitrogen and oxygen atoms in total. The molecular weight excluding hydrogens is 418 g/mol. The number of anilines is 1. The predicted octanol–water partition coefficient (Wildman–Crippen LogP) is 1.87. The quantitative estimate of drug-likeness (QED) is 0.728. The van der Waals surface area contributed by atoms with E-state index in [-0.39, 0.29) is 23.1 Å². The van der Waals surface area contributed by atoms with Gasteiger partial charge in [-0.25, -0.2) is 21.5 Å². The molecule has 27 heavy (non-hydrogen) atoms. The van der Waals surface area contributed by atoms with Crippen LogP contribution in [0.4, 0.5) is 5.82 Å². The predicted molar refractivity (Wildman–Crippen MR) is 96.3 cm³/mol. The smallest absolute Gasteiger partial charge is 0.258 e. The fourth-order valence-corrected chi connectivity index (χ4v) is 6.62. The number of benzene rings is 1. The molecule has 0 radical (unpaired) electrons. The number of hydrogen-bond acceptors (Lipinski definition) is 8. The Bertz CT molecular complexity index is 1120. The van der Waals surface area contributed by atoms with Gasteiger partial charge in [0.25, 0.3) is 5.91 Å². The van der Waals surface area contributed by atoms with E-state index in [1.54, 1.807) is 6.92 Å². The van der Waals surface area contributed by atoms with Crippen molar-refractivity contribution in [1.82, 2.24) is 10.3 Å². The highest BCUT2D eigenvalue weighted by Crippen LogP contribution is 2.38. The standard InChI is InChI=1S/C15H16ClN3O6S2/c1-8-14(19-25-18-8)17-15(20)10-5-6-11(26(2,21)22)13(12(10)16)27(23,24)7-9-3-4-9/h5-6,9H,3-4,7H2,1-2H3,(H,17,19,20).